The van der Waals surface area contributed by atoms with Gasteiger partial charge in [-0.05, 0) is 37.6 Å². The smallest absolute Gasteiger partial charge is 0.191 e. The first-order chi connectivity index (χ1) is 11.8. The molecule has 0 saturated carbocycles. The SMILES string of the molecule is CCN(CC)c1ccc(CNC(=NC)NCc2ccccn2)cn1. The van der Waals surface area contributed by atoms with E-state index in [4.69, 9.17) is 0 Å². The van der Waals surface area contributed by atoms with Crippen molar-refractivity contribution in [3.05, 3.63) is 54.0 Å². The van der Waals surface area contributed by atoms with Gasteiger partial charge < -0.3 is 15.5 Å². The summed E-state index contributed by atoms with van der Waals surface area (Å²) in [6.45, 7) is 7.51. The van der Waals surface area contributed by atoms with Crippen LogP contribution in [0.4, 0.5) is 5.82 Å². The van der Waals surface area contributed by atoms with E-state index in [1.165, 1.54) is 0 Å². The van der Waals surface area contributed by atoms with Gasteiger partial charge >= 0.3 is 0 Å². The predicted octanol–water partition coefficient (Wildman–Crippen LogP) is 2.19. The van der Waals surface area contributed by atoms with E-state index in [1.54, 1.807) is 13.2 Å². The van der Waals surface area contributed by atoms with E-state index in [2.05, 4.69) is 56.5 Å². The number of pyridine rings is 2. The molecule has 2 N–H and O–H groups in total. The van der Waals surface area contributed by atoms with Gasteiger partial charge in [-0.15, -0.1) is 0 Å². The van der Waals surface area contributed by atoms with Crippen molar-refractivity contribution in [2.24, 2.45) is 4.99 Å². The van der Waals surface area contributed by atoms with E-state index >= 15 is 0 Å². The summed E-state index contributed by atoms with van der Waals surface area (Å²) >= 11 is 0. The number of nitrogens with one attached hydrogen (secondary N) is 2. The first-order valence-corrected chi connectivity index (χ1v) is 8.31. The molecule has 0 unspecified atom stereocenters. The molecule has 2 aromatic heterocycles. The molecule has 0 atom stereocenters. The number of nitrogens with zero attached hydrogens (tertiary/aromatic N) is 4. The third-order valence-corrected chi connectivity index (χ3v) is 3.74. The Balaban J connectivity index is 1.84. The van der Waals surface area contributed by atoms with Gasteiger partial charge in [0.25, 0.3) is 0 Å². The summed E-state index contributed by atoms with van der Waals surface area (Å²) in [4.78, 5) is 15.3. The van der Waals surface area contributed by atoms with Crippen molar-refractivity contribution in [3.8, 4) is 0 Å². The van der Waals surface area contributed by atoms with Crippen LogP contribution in [0.25, 0.3) is 0 Å². The fourth-order valence-corrected chi connectivity index (χ4v) is 2.34. The summed E-state index contributed by atoms with van der Waals surface area (Å²) in [5.41, 5.74) is 2.09. The molecule has 6 heteroatoms. The average molecular weight is 326 g/mol. The second-order valence-electron chi connectivity index (χ2n) is 5.30. The molecule has 0 aromatic carbocycles. The highest BCUT2D eigenvalue weighted by Crippen LogP contribution is 2.10. The Hall–Kier alpha value is -2.63. The third-order valence-electron chi connectivity index (χ3n) is 3.74. The van der Waals surface area contributed by atoms with Crippen molar-refractivity contribution >= 4 is 11.8 Å². The second kappa shape index (κ2) is 9.50. The zero-order valence-electron chi connectivity index (χ0n) is 14.7. The molecule has 0 saturated heterocycles. The van der Waals surface area contributed by atoms with Crippen LogP contribution < -0.4 is 15.5 Å². The van der Waals surface area contributed by atoms with Crippen molar-refractivity contribution < 1.29 is 0 Å². The molecule has 2 aromatic rings. The van der Waals surface area contributed by atoms with E-state index in [1.807, 2.05) is 24.4 Å². The minimum absolute atomic E-state index is 0.639. The zero-order chi connectivity index (χ0) is 17.2. The van der Waals surface area contributed by atoms with Crippen LogP contribution in [0, 0.1) is 0 Å². The molecule has 0 bridgehead atoms. The monoisotopic (exact) mass is 326 g/mol. The summed E-state index contributed by atoms with van der Waals surface area (Å²) in [5, 5.41) is 6.54. The highest BCUT2D eigenvalue weighted by atomic mass is 15.2. The standard InChI is InChI=1S/C18H26N6/c1-4-24(5-2)17-10-9-15(12-21-17)13-22-18(19-3)23-14-16-8-6-7-11-20-16/h6-12H,4-5,13-14H2,1-3H3,(H2,19,22,23). The first kappa shape index (κ1) is 17.7. The van der Waals surface area contributed by atoms with Crippen molar-refractivity contribution in [2.45, 2.75) is 26.9 Å². The molecule has 0 aliphatic carbocycles. The van der Waals surface area contributed by atoms with Crippen molar-refractivity contribution in [1.29, 1.82) is 0 Å². The lowest BCUT2D eigenvalue weighted by molar-refractivity contribution is 0.790. The van der Waals surface area contributed by atoms with Crippen LogP contribution in [-0.4, -0.2) is 36.1 Å². The Morgan fingerprint density at radius 3 is 2.42 bits per heavy atom. The molecule has 0 spiro atoms. The van der Waals surface area contributed by atoms with E-state index in [-0.39, 0.29) is 0 Å². The predicted molar refractivity (Wildman–Crippen MR) is 99.1 cm³/mol. The quantitative estimate of drug-likeness (QED) is 0.603. The van der Waals surface area contributed by atoms with Crippen LogP contribution in [0.15, 0.2) is 47.7 Å². The highest BCUT2D eigenvalue weighted by Gasteiger charge is 2.04. The molecular weight excluding hydrogens is 300 g/mol. The molecule has 6 nitrogen and oxygen atoms in total. The Labute approximate surface area is 144 Å². The minimum atomic E-state index is 0.639. The van der Waals surface area contributed by atoms with Crippen molar-refractivity contribution in [2.75, 3.05) is 25.0 Å². The summed E-state index contributed by atoms with van der Waals surface area (Å²) in [5.74, 6) is 1.76. The van der Waals surface area contributed by atoms with Gasteiger partial charge in [-0.1, -0.05) is 12.1 Å². The molecular formula is C18H26N6. The lowest BCUT2D eigenvalue weighted by Crippen LogP contribution is -2.36. The average Bonchev–Trinajstić information content (AvgIpc) is 2.65. The lowest BCUT2D eigenvalue weighted by Gasteiger charge is -2.19. The number of rotatable bonds is 7. The minimum Gasteiger partial charge on any atom is -0.357 e. The summed E-state index contributed by atoms with van der Waals surface area (Å²) in [7, 11) is 1.76. The maximum absolute atomic E-state index is 4.53. The van der Waals surface area contributed by atoms with Crippen LogP contribution in [0.2, 0.25) is 0 Å². The largest absolute Gasteiger partial charge is 0.357 e. The van der Waals surface area contributed by atoms with Crippen LogP contribution in [0.1, 0.15) is 25.1 Å². The number of guanidine groups is 1. The fourth-order valence-electron chi connectivity index (χ4n) is 2.34. The van der Waals surface area contributed by atoms with E-state index in [9.17, 15) is 0 Å². The maximum atomic E-state index is 4.53. The third kappa shape index (κ3) is 5.22. The molecule has 128 valence electrons. The van der Waals surface area contributed by atoms with Gasteiger partial charge in [-0.25, -0.2) is 4.98 Å². The molecule has 0 radical (unpaired) electrons. The highest BCUT2D eigenvalue weighted by molar-refractivity contribution is 5.79. The van der Waals surface area contributed by atoms with E-state index < -0.39 is 0 Å². The van der Waals surface area contributed by atoms with Gasteiger partial charge in [0, 0.05) is 39.1 Å². The van der Waals surface area contributed by atoms with Gasteiger partial charge in [-0.2, -0.15) is 0 Å². The molecule has 2 rings (SSSR count). The Morgan fingerprint density at radius 1 is 1.04 bits per heavy atom. The van der Waals surface area contributed by atoms with E-state index in [0.717, 1.165) is 36.1 Å². The number of aromatic nitrogens is 2. The summed E-state index contributed by atoms with van der Waals surface area (Å²) in [6.07, 6.45) is 3.70. The zero-order valence-corrected chi connectivity index (χ0v) is 14.7. The van der Waals surface area contributed by atoms with Gasteiger partial charge in [0.05, 0.1) is 12.2 Å². The second-order valence-corrected chi connectivity index (χ2v) is 5.30. The van der Waals surface area contributed by atoms with Crippen LogP contribution in [0.3, 0.4) is 0 Å². The molecule has 0 fully saturated rings. The topological polar surface area (TPSA) is 65.4 Å². The molecule has 0 amide bonds. The number of hydrogen-bond acceptors (Lipinski definition) is 4. The Bertz CT molecular complexity index is 620. The van der Waals surface area contributed by atoms with Crippen molar-refractivity contribution in [3.63, 3.8) is 0 Å². The van der Waals surface area contributed by atoms with Gasteiger partial charge in [0.1, 0.15) is 5.82 Å². The van der Waals surface area contributed by atoms with Gasteiger partial charge in [0.2, 0.25) is 0 Å². The molecule has 0 aliphatic heterocycles. The molecule has 24 heavy (non-hydrogen) atoms. The fraction of sp³-hybridized carbons (Fsp3) is 0.389. The summed E-state index contributed by atoms with van der Waals surface area (Å²) in [6, 6.07) is 10.0. The normalized spacial score (nSPS) is 11.2. The van der Waals surface area contributed by atoms with Gasteiger partial charge in [-0.3, -0.25) is 9.98 Å². The van der Waals surface area contributed by atoms with Crippen LogP contribution in [-0.2, 0) is 13.1 Å². The lowest BCUT2D eigenvalue weighted by atomic mass is 10.2. The maximum Gasteiger partial charge on any atom is 0.191 e. The molecule has 2 heterocycles. The van der Waals surface area contributed by atoms with E-state index in [0.29, 0.717) is 13.1 Å². The van der Waals surface area contributed by atoms with Crippen molar-refractivity contribution in [1.82, 2.24) is 20.6 Å². The number of anilines is 1. The summed E-state index contributed by atoms with van der Waals surface area (Å²) < 4.78 is 0. The molecule has 0 aliphatic rings. The Morgan fingerprint density at radius 2 is 1.83 bits per heavy atom. The van der Waals surface area contributed by atoms with Gasteiger partial charge in [0.15, 0.2) is 5.96 Å². The Kier molecular flexibility index (Phi) is 7.01. The first-order valence-electron chi connectivity index (χ1n) is 8.31. The number of hydrogen-bond donors (Lipinski definition) is 2. The number of aliphatic imine (C=N–C) groups is 1. The van der Waals surface area contributed by atoms with Crippen LogP contribution >= 0.6 is 0 Å². The van der Waals surface area contributed by atoms with Crippen LogP contribution in [0.5, 0.6) is 0 Å².